The number of methoxy groups -OCH3 is 5. The van der Waals surface area contributed by atoms with Gasteiger partial charge in [0.05, 0.1) is 47.0 Å². The fourth-order valence-electron chi connectivity index (χ4n) is 4.45. The summed E-state index contributed by atoms with van der Waals surface area (Å²) in [6.45, 7) is 5.97. The van der Waals surface area contributed by atoms with E-state index in [-0.39, 0.29) is 18.3 Å². The van der Waals surface area contributed by atoms with Gasteiger partial charge in [0, 0.05) is 6.54 Å². The molecule has 2 aromatic carbocycles. The molecule has 200 valence electrons. The Morgan fingerprint density at radius 2 is 1.42 bits per heavy atom. The maximum atomic E-state index is 10.4. The Kier molecular flexibility index (Phi) is 12.7. The molecule has 0 spiro atoms. The van der Waals surface area contributed by atoms with Gasteiger partial charge in [-0.1, -0.05) is 19.9 Å². The summed E-state index contributed by atoms with van der Waals surface area (Å²) in [6.07, 6.45) is 2.50. The third kappa shape index (κ3) is 7.11. The maximum Gasteiger partial charge on any atom is 0.203 e. The first kappa shape index (κ1) is 31.2. The monoisotopic (exact) mass is 520 g/mol. The normalized spacial score (nSPS) is 12.4. The number of benzene rings is 2. The number of nitriles is 1. The molecule has 0 aliphatic heterocycles. The van der Waals surface area contributed by atoms with E-state index in [1.165, 1.54) is 5.56 Å². The number of nitrogens with zero attached hydrogens (tertiary/aromatic N) is 2. The van der Waals surface area contributed by atoms with Crippen LogP contribution in [0, 0.1) is 17.2 Å². The number of rotatable bonds is 14. The highest BCUT2D eigenvalue weighted by Crippen LogP contribution is 2.45. The zero-order valence-corrected chi connectivity index (χ0v) is 23.7. The molecule has 0 fully saturated rings. The summed E-state index contributed by atoms with van der Waals surface area (Å²) < 4.78 is 27.3. The van der Waals surface area contributed by atoms with E-state index in [4.69, 9.17) is 23.7 Å². The van der Waals surface area contributed by atoms with Crippen molar-refractivity contribution in [2.45, 2.75) is 38.5 Å². The molecule has 36 heavy (non-hydrogen) atoms. The molecule has 0 aliphatic rings. The van der Waals surface area contributed by atoms with Crippen LogP contribution in [0.4, 0.5) is 0 Å². The largest absolute Gasteiger partial charge is 0.493 e. The zero-order chi connectivity index (χ0) is 26.0. The van der Waals surface area contributed by atoms with E-state index >= 15 is 0 Å². The van der Waals surface area contributed by atoms with Gasteiger partial charge in [-0.3, -0.25) is 0 Å². The number of ether oxygens (including phenoxy) is 5. The molecule has 0 saturated carbocycles. The molecule has 0 radical (unpaired) electrons. The topological polar surface area (TPSA) is 73.2 Å². The first-order valence-corrected chi connectivity index (χ1v) is 11.9. The van der Waals surface area contributed by atoms with E-state index in [1.807, 2.05) is 24.3 Å². The van der Waals surface area contributed by atoms with Crippen LogP contribution in [0.1, 0.15) is 37.8 Å². The molecule has 7 nitrogen and oxygen atoms in total. The van der Waals surface area contributed by atoms with Crippen molar-refractivity contribution in [3.8, 4) is 34.8 Å². The van der Waals surface area contributed by atoms with E-state index in [2.05, 4.69) is 37.9 Å². The van der Waals surface area contributed by atoms with Crippen LogP contribution >= 0.6 is 12.4 Å². The molecule has 0 aliphatic carbocycles. The van der Waals surface area contributed by atoms with E-state index in [9.17, 15) is 5.26 Å². The highest BCUT2D eigenvalue weighted by atomic mass is 35.5. The van der Waals surface area contributed by atoms with Crippen LogP contribution < -0.4 is 23.7 Å². The van der Waals surface area contributed by atoms with Crippen molar-refractivity contribution < 1.29 is 23.7 Å². The van der Waals surface area contributed by atoms with Crippen molar-refractivity contribution >= 4 is 12.4 Å². The van der Waals surface area contributed by atoms with Gasteiger partial charge < -0.3 is 28.6 Å². The first-order chi connectivity index (χ1) is 16.8. The highest BCUT2D eigenvalue weighted by Gasteiger charge is 2.37. The standard InChI is InChI=1S/C28H40N2O5.ClH/c1-20(2)28(19-29,22-17-25(33-6)27(35-8)26(18-22)34-7)13-9-14-30(3)15-12-21-10-11-23(31-4)24(16-21)32-5;/h10-11,16-18,20H,9,12-15H2,1-8H3;1H. The van der Waals surface area contributed by atoms with Crippen molar-refractivity contribution in [1.29, 1.82) is 5.26 Å². The smallest absolute Gasteiger partial charge is 0.203 e. The molecule has 1 unspecified atom stereocenters. The molecule has 0 heterocycles. The van der Waals surface area contributed by atoms with Crippen LogP contribution in [0.3, 0.4) is 0 Å². The lowest BCUT2D eigenvalue weighted by Gasteiger charge is -2.33. The van der Waals surface area contributed by atoms with Gasteiger partial charge in [0.2, 0.25) is 5.75 Å². The Hall–Kier alpha value is -2.82. The van der Waals surface area contributed by atoms with Gasteiger partial charge in [-0.2, -0.15) is 5.26 Å². The second-order valence-electron chi connectivity index (χ2n) is 9.00. The third-order valence-electron chi connectivity index (χ3n) is 6.71. The van der Waals surface area contributed by atoms with Gasteiger partial charge >= 0.3 is 0 Å². The Bertz CT molecular complexity index is 983. The predicted octanol–water partition coefficient (Wildman–Crippen LogP) is 5.52. The van der Waals surface area contributed by atoms with Crippen LogP contribution in [-0.2, 0) is 11.8 Å². The van der Waals surface area contributed by atoms with Crippen molar-refractivity contribution in [3.63, 3.8) is 0 Å². The second kappa shape index (κ2) is 14.7. The summed E-state index contributed by atoms with van der Waals surface area (Å²) in [4.78, 5) is 2.30. The number of halogens is 1. The first-order valence-electron chi connectivity index (χ1n) is 11.9. The Labute approximate surface area is 222 Å². The molecule has 0 N–H and O–H groups in total. The zero-order valence-electron chi connectivity index (χ0n) is 22.8. The quantitative estimate of drug-likeness (QED) is 0.324. The van der Waals surface area contributed by atoms with Crippen LogP contribution in [-0.4, -0.2) is 60.6 Å². The summed E-state index contributed by atoms with van der Waals surface area (Å²) >= 11 is 0. The average molecular weight is 521 g/mol. The van der Waals surface area contributed by atoms with E-state index in [1.54, 1.807) is 35.5 Å². The minimum atomic E-state index is -0.670. The van der Waals surface area contributed by atoms with E-state index < -0.39 is 5.41 Å². The van der Waals surface area contributed by atoms with Crippen molar-refractivity contribution in [1.82, 2.24) is 4.90 Å². The molecule has 2 aromatic rings. The van der Waals surface area contributed by atoms with Gasteiger partial charge in [-0.25, -0.2) is 0 Å². The summed E-state index contributed by atoms with van der Waals surface area (Å²) in [5.74, 6) is 3.24. The Morgan fingerprint density at radius 3 is 1.89 bits per heavy atom. The van der Waals surface area contributed by atoms with Gasteiger partial charge in [0.25, 0.3) is 0 Å². The SMILES string of the molecule is COc1ccc(CCN(C)CCCC(C#N)(c2cc(OC)c(OC)c(OC)c2)C(C)C)cc1OC.Cl. The lowest BCUT2D eigenvalue weighted by molar-refractivity contribution is 0.290. The van der Waals surface area contributed by atoms with Gasteiger partial charge in [-0.15, -0.1) is 12.4 Å². The molecule has 0 amide bonds. The van der Waals surface area contributed by atoms with Gasteiger partial charge in [-0.05, 0) is 74.2 Å². The van der Waals surface area contributed by atoms with E-state index in [0.29, 0.717) is 17.2 Å². The molecular formula is C28H41ClN2O5. The third-order valence-corrected chi connectivity index (χ3v) is 6.71. The van der Waals surface area contributed by atoms with Crippen LogP contribution in [0.15, 0.2) is 30.3 Å². The molecule has 1 atom stereocenters. The average Bonchev–Trinajstić information content (AvgIpc) is 2.88. The van der Waals surface area contributed by atoms with E-state index in [0.717, 1.165) is 49.4 Å². The highest BCUT2D eigenvalue weighted by molar-refractivity contribution is 5.85. The maximum absolute atomic E-state index is 10.4. The molecule has 0 aromatic heterocycles. The van der Waals surface area contributed by atoms with Crippen LogP contribution in [0.25, 0.3) is 0 Å². The Balaban J connectivity index is 0.00000648. The summed E-state index contributed by atoms with van der Waals surface area (Å²) in [7, 11) is 10.2. The predicted molar refractivity (Wildman–Crippen MR) is 145 cm³/mol. The second-order valence-corrected chi connectivity index (χ2v) is 9.00. The molecule has 8 heteroatoms. The van der Waals surface area contributed by atoms with Gasteiger partial charge in [0.15, 0.2) is 23.0 Å². The number of likely N-dealkylation sites (N-methyl/N-ethyl adjacent to an activating group) is 1. The lowest BCUT2D eigenvalue weighted by atomic mass is 9.69. The van der Waals surface area contributed by atoms with Crippen molar-refractivity contribution in [3.05, 3.63) is 41.5 Å². The molecule has 0 bridgehead atoms. The fraction of sp³-hybridized carbons (Fsp3) is 0.536. The summed E-state index contributed by atoms with van der Waals surface area (Å²) in [5.41, 5.74) is 1.41. The Morgan fingerprint density at radius 1 is 0.833 bits per heavy atom. The fourth-order valence-corrected chi connectivity index (χ4v) is 4.45. The summed E-state index contributed by atoms with van der Waals surface area (Å²) in [6, 6.07) is 12.5. The summed E-state index contributed by atoms with van der Waals surface area (Å²) in [5, 5.41) is 10.4. The minimum absolute atomic E-state index is 0. The molecule has 2 rings (SSSR count). The lowest BCUT2D eigenvalue weighted by Crippen LogP contribution is -2.32. The van der Waals surface area contributed by atoms with Crippen LogP contribution in [0.2, 0.25) is 0 Å². The number of hydrogen-bond donors (Lipinski definition) is 0. The van der Waals surface area contributed by atoms with Crippen LogP contribution in [0.5, 0.6) is 28.7 Å². The van der Waals surface area contributed by atoms with Crippen molar-refractivity contribution in [2.75, 3.05) is 55.7 Å². The number of hydrogen-bond acceptors (Lipinski definition) is 7. The molecule has 0 saturated heterocycles. The minimum Gasteiger partial charge on any atom is -0.493 e. The van der Waals surface area contributed by atoms with Gasteiger partial charge in [0.1, 0.15) is 0 Å². The molecular weight excluding hydrogens is 480 g/mol. The van der Waals surface area contributed by atoms with Crippen molar-refractivity contribution in [2.24, 2.45) is 5.92 Å².